The van der Waals surface area contributed by atoms with Crippen LogP contribution in [0, 0.1) is 0 Å². The molecule has 0 unspecified atom stereocenters. The van der Waals surface area contributed by atoms with E-state index in [9.17, 15) is 13.2 Å². The maximum absolute atomic E-state index is 13.2. The zero-order valence-electron chi connectivity index (χ0n) is 17.7. The first-order valence-corrected chi connectivity index (χ1v) is 12.0. The second kappa shape index (κ2) is 9.33. The van der Waals surface area contributed by atoms with Crippen molar-refractivity contribution in [2.24, 2.45) is 0 Å². The molecule has 2 aromatic rings. The van der Waals surface area contributed by atoms with Gasteiger partial charge in [-0.05, 0) is 54.8 Å². The second-order valence-electron chi connectivity index (χ2n) is 7.91. The third-order valence-corrected chi connectivity index (χ3v) is 7.92. The molecular weight excluding hydrogens is 416 g/mol. The van der Waals surface area contributed by atoms with Crippen LogP contribution in [-0.4, -0.2) is 79.3 Å². The summed E-state index contributed by atoms with van der Waals surface area (Å²) in [5, 5.41) is 0. The van der Waals surface area contributed by atoms with Gasteiger partial charge < -0.3 is 9.64 Å². The first kappa shape index (κ1) is 21.7. The number of pyridine rings is 1. The maximum Gasteiger partial charge on any atom is 0.243 e. The quantitative estimate of drug-likeness (QED) is 0.673. The third kappa shape index (κ3) is 4.73. The molecule has 0 spiro atoms. The van der Waals surface area contributed by atoms with Gasteiger partial charge in [0.15, 0.2) is 0 Å². The van der Waals surface area contributed by atoms with Crippen LogP contribution < -0.4 is 4.74 Å². The van der Waals surface area contributed by atoms with Crippen molar-refractivity contribution in [2.75, 3.05) is 39.8 Å². The van der Waals surface area contributed by atoms with E-state index in [2.05, 4.69) is 9.88 Å². The Kier molecular flexibility index (Phi) is 6.54. The van der Waals surface area contributed by atoms with Crippen molar-refractivity contribution in [3.05, 3.63) is 54.4 Å². The third-order valence-electron chi connectivity index (χ3n) is 5.99. The average molecular weight is 445 g/mol. The summed E-state index contributed by atoms with van der Waals surface area (Å²) in [6.45, 7) is 3.95. The van der Waals surface area contributed by atoms with Crippen LogP contribution in [0.3, 0.4) is 0 Å². The fraction of sp³-hybridized carbons (Fsp3) is 0.455. The minimum atomic E-state index is -3.73. The van der Waals surface area contributed by atoms with Crippen LogP contribution in [0.15, 0.2) is 53.7 Å². The Morgan fingerprint density at radius 3 is 2.35 bits per heavy atom. The monoisotopic (exact) mass is 444 g/mol. The fourth-order valence-electron chi connectivity index (χ4n) is 4.24. The number of rotatable bonds is 6. The van der Waals surface area contributed by atoms with E-state index in [1.165, 1.54) is 29.1 Å². The Morgan fingerprint density at radius 1 is 1.03 bits per heavy atom. The minimum absolute atomic E-state index is 0.0850. The molecule has 2 fully saturated rings. The molecule has 1 aromatic carbocycles. The highest BCUT2D eigenvalue weighted by atomic mass is 32.2. The molecule has 1 atom stereocenters. The molecule has 1 amide bonds. The van der Waals surface area contributed by atoms with E-state index in [0.717, 1.165) is 19.6 Å². The highest BCUT2D eigenvalue weighted by Crippen LogP contribution is 2.28. The van der Waals surface area contributed by atoms with Crippen molar-refractivity contribution in [3.8, 4) is 5.75 Å². The number of carbonyl (C=O) groups is 1. The van der Waals surface area contributed by atoms with Crippen molar-refractivity contribution in [3.63, 3.8) is 0 Å². The lowest BCUT2D eigenvalue weighted by atomic mass is 10.1. The molecule has 31 heavy (non-hydrogen) atoms. The average Bonchev–Trinajstić information content (AvgIpc) is 3.31. The summed E-state index contributed by atoms with van der Waals surface area (Å²) < 4.78 is 32.9. The number of carbonyl (C=O) groups excluding carboxylic acids is 1. The van der Waals surface area contributed by atoms with Crippen LogP contribution in [0.2, 0.25) is 0 Å². The largest absolute Gasteiger partial charge is 0.497 e. The number of sulfonamides is 1. The van der Waals surface area contributed by atoms with Crippen molar-refractivity contribution >= 4 is 15.9 Å². The van der Waals surface area contributed by atoms with Crippen molar-refractivity contribution < 1.29 is 17.9 Å². The first-order chi connectivity index (χ1) is 15.0. The summed E-state index contributed by atoms with van der Waals surface area (Å²) in [5.74, 6) is 0.510. The number of benzene rings is 1. The molecule has 0 aliphatic carbocycles. The molecule has 0 bridgehead atoms. The highest BCUT2D eigenvalue weighted by molar-refractivity contribution is 7.89. The molecule has 1 aromatic heterocycles. The number of amides is 1. The summed E-state index contributed by atoms with van der Waals surface area (Å²) in [6, 6.07) is 9.69. The zero-order valence-corrected chi connectivity index (χ0v) is 18.5. The predicted molar refractivity (Wildman–Crippen MR) is 116 cm³/mol. The van der Waals surface area contributed by atoms with Crippen LogP contribution in [0.25, 0.3) is 0 Å². The molecule has 2 saturated heterocycles. The van der Waals surface area contributed by atoms with E-state index in [1.807, 2.05) is 17.0 Å². The smallest absolute Gasteiger partial charge is 0.243 e. The molecule has 0 radical (unpaired) electrons. The number of methoxy groups -OCH3 is 1. The van der Waals surface area contributed by atoms with E-state index in [0.29, 0.717) is 38.2 Å². The van der Waals surface area contributed by atoms with Crippen LogP contribution in [0.5, 0.6) is 5.75 Å². The molecular formula is C22H28N4O4S. The van der Waals surface area contributed by atoms with Gasteiger partial charge in [0.1, 0.15) is 11.8 Å². The molecule has 0 saturated carbocycles. The van der Waals surface area contributed by atoms with Crippen molar-refractivity contribution in [1.29, 1.82) is 0 Å². The predicted octanol–water partition coefficient (Wildman–Crippen LogP) is 1.59. The normalized spacial score (nSPS) is 20.7. The Morgan fingerprint density at radius 2 is 1.71 bits per heavy atom. The van der Waals surface area contributed by atoms with Crippen molar-refractivity contribution in [1.82, 2.24) is 19.1 Å². The van der Waals surface area contributed by atoms with E-state index in [4.69, 9.17) is 4.74 Å². The van der Waals surface area contributed by atoms with Crippen molar-refractivity contribution in [2.45, 2.75) is 30.3 Å². The highest BCUT2D eigenvalue weighted by Gasteiger charge is 2.41. The van der Waals surface area contributed by atoms with Gasteiger partial charge in [-0.15, -0.1) is 0 Å². The second-order valence-corrected chi connectivity index (χ2v) is 9.80. The topological polar surface area (TPSA) is 83.0 Å². The number of nitrogens with zero attached hydrogens (tertiary/aromatic N) is 4. The lowest BCUT2D eigenvalue weighted by molar-refractivity contribution is -0.136. The van der Waals surface area contributed by atoms with Gasteiger partial charge in [-0.3, -0.25) is 14.7 Å². The molecule has 166 valence electrons. The van der Waals surface area contributed by atoms with Gasteiger partial charge in [-0.2, -0.15) is 4.31 Å². The van der Waals surface area contributed by atoms with E-state index in [-0.39, 0.29) is 10.8 Å². The minimum Gasteiger partial charge on any atom is -0.497 e. The molecule has 3 heterocycles. The van der Waals surface area contributed by atoms with E-state index < -0.39 is 16.1 Å². The fourth-order valence-corrected chi connectivity index (χ4v) is 5.89. The molecule has 2 aliphatic heterocycles. The molecule has 2 aliphatic rings. The molecule has 8 nitrogen and oxygen atoms in total. The van der Waals surface area contributed by atoms with E-state index >= 15 is 0 Å². The maximum atomic E-state index is 13.2. The number of hydrogen-bond acceptors (Lipinski definition) is 6. The first-order valence-electron chi connectivity index (χ1n) is 10.5. The summed E-state index contributed by atoms with van der Waals surface area (Å²) >= 11 is 0. The zero-order chi connectivity index (χ0) is 21.8. The van der Waals surface area contributed by atoms with Gasteiger partial charge in [0.05, 0.1) is 12.0 Å². The molecule has 9 heteroatoms. The SMILES string of the molecule is COc1ccc(S(=O)(=O)N2CCC[C@H]2C(=O)N2CCN(Cc3ccncc3)CC2)cc1. The molecule has 4 rings (SSSR count). The summed E-state index contributed by atoms with van der Waals surface area (Å²) in [5.41, 5.74) is 1.20. The number of piperazine rings is 1. The van der Waals surface area contributed by atoms with Gasteiger partial charge in [-0.1, -0.05) is 0 Å². The Bertz CT molecular complexity index is 990. The summed E-state index contributed by atoms with van der Waals surface area (Å²) in [6.07, 6.45) is 4.82. The standard InChI is InChI=1S/C22H28N4O4S/c1-30-19-4-6-20(7-5-19)31(28,29)26-12-2-3-21(26)22(27)25-15-13-24(14-16-25)17-18-8-10-23-11-9-18/h4-11,21H,2-3,12-17H2,1H3/t21-/m0/s1. The van der Waals surface area contributed by atoms with Gasteiger partial charge in [0.25, 0.3) is 0 Å². The van der Waals surface area contributed by atoms with Crippen LogP contribution in [0.4, 0.5) is 0 Å². The van der Waals surface area contributed by atoms with Gasteiger partial charge >= 0.3 is 0 Å². The Labute approximate surface area is 183 Å². The van der Waals surface area contributed by atoms with Crippen LogP contribution in [-0.2, 0) is 21.4 Å². The lowest BCUT2D eigenvalue weighted by Gasteiger charge is -2.37. The molecule has 0 N–H and O–H groups in total. The number of ether oxygens (including phenoxy) is 1. The summed E-state index contributed by atoms with van der Waals surface area (Å²) in [7, 11) is -2.20. The lowest BCUT2D eigenvalue weighted by Crippen LogP contribution is -2.54. The van der Waals surface area contributed by atoms with Crippen LogP contribution in [0.1, 0.15) is 18.4 Å². The van der Waals surface area contributed by atoms with Crippen LogP contribution >= 0.6 is 0 Å². The Balaban J connectivity index is 1.40. The van der Waals surface area contributed by atoms with Gasteiger partial charge in [0, 0.05) is 51.7 Å². The number of aromatic nitrogens is 1. The van der Waals surface area contributed by atoms with Gasteiger partial charge in [-0.25, -0.2) is 8.42 Å². The van der Waals surface area contributed by atoms with E-state index in [1.54, 1.807) is 24.5 Å². The Hall–Kier alpha value is -2.49. The number of hydrogen-bond donors (Lipinski definition) is 0. The summed E-state index contributed by atoms with van der Waals surface area (Å²) in [4.78, 5) is 21.6. The van der Waals surface area contributed by atoms with Gasteiger partial charge in [0.2, 0.25) is 15.9 Å².